The fraction of sp³-hybridized carbons (Fsp3) is 0.444. The molecule has 2 N–H and O–H groups in total. The van der Waals surface area contributed by atoms with E-state index in [2.05, 4.69) is 15.5 Å². The Labute approximate surface area is 140 Å². The highest BCUT2D eigenvalue weighted by Gasteiger charge is 2.25. The van der Waals surface area contributed by atoms with Crippen LogP contribution in [0.1, 0.15) is 48.2 Å². The zero-order chi connectivity index (χ0) is 16.4. The van der Waals surface area contributed by atoms with Crippen LogP contribution in [0.3, 0.4) is 0 Å². The van der Waals surface area contributed by atoms with E-state index in [-0.39, 0.29) is 24.7 Å². The SMILES string of the molecule is O=C(CO[C@H]1CCCc2cn[nH]c21)N[C@@H]1CCOc2ccccc21. The molecule has 0 saturated heterocycles. The predicted molar refractivity (Wildman–Crippen MR) is 87.7 cm³/mol. The summed E-state index contributed by atoms with van der Waals surface area (Å²) < 4.78 is 11.5. The maximum absolute atomic E-state index is 12.3. The van der Waals surface area contributed by atoms with Crippen molar-refractivity contribution in [2.24, 2.45) is 0 Å². The number of para-hydroxylation sites is 1. The molecule has 1 aromatic heterocycles. The first-order chi connectivity index (χ1) is 11.8. The van der Waals surface area contributed by atoms with Gasteiger partial charge in [0.2, 0.25) is 5.91 Å². The second-order valence-corrected chi connectivity index (χ2v) is 6.30. The number of carbonyl (C=O) groups excluding carboxylic acids is 1. The average molecular weight is 327 g/mol. The van der Waals surface area contributed by atoms with Crippen LogP contribution in [0.2, 0.25) is 0 Å². The minimum atomic E-state index is -0.0941. The van der Waals surface area contributed by atoms with E-state index in [4.69, 9.17) is 9.47 Å². The van der Waals surface area contributed by atoms with E-state index < -0.39 is 0 Å². The number of aromatic nitrogens is 2. The largest absolute Gasteiger partial charge is 0.493 e. The second kappa shape index (κ2) is 6.65. The first-order valence-corrected chi connectivity index (χ1v) is 8.46. The van der Waals surface area contributed by atoms with E-state index in [1.165, 1.54) is 5.56 Å². The molecule has 2 atom stereocenters. The van der Waals surface area contributed by atoms with Crippen molar-refractivity contribution >= 4 is 5.91 Å². The number of amides is 1. The molecule has 1 aliphatic carbocycles. The number of hydrogen-bond acceptors (Lipinski definition) is 4. The number of ether oxygens (including phenoxy) is 2. The molecule has 0 bridgehead atoms. The Morgan fingerprint density at radius 2 is 2.29 bits per heavy atom. The number of aromatic amines is 1. The lowest BCUT2D eigenvalue weighted by Crippen LogP contribution is -2.35. The molecule has 6 nitrogen and oxygen atoms in total. The number of nitrogens with one attached hydrogen (secondary N) is 2. The number of aryl methyl sites for hydroxylation is 1. The zero-order valence-corrected chi connectivity index (χ0v) is 13.5. The Balaban J connectivity index is 1.35. The van der Waals surface area contributed by atoms with Crippen LogP contribution in [-0.4, -0.2) is 29.3 Å². The minimum absolute atomic E-state index is 0.0138. The van der Waals surface area contributed by atoms with Crippen molar-refractivity contribution in [2.75, 3.05) is 13.2 Å². The monoisotopic (exact) mass is 327 g/mol. The van der Waals surface area contributed by atoms with E-state index in [0.29, 0.717) is 6.61 Å². The van der Waals surface area contributed by atoms with E-state index in [1.54, 1.807) is 0 Å². The first-order valence-electron chi connectivity index (χ1n) is 8.46. The summed E-state index contributed by atoms with van der Waals surface area (Å²) in [5.74, 6) is 0.757. The van der Waals surface area contributed by atoms with Crippen molar-refractivity contribution in [3.8, 4) is 5.75 Å². The van der Waals surface area contributed by atoms with Crippen LogP contribution >= 0.6 is 0 Å². The molecule has 2 aliphatic rings. The minimum Gasteiger partial charge on any atom is -0.493 e. The average Bonchev–Trinajstić information content (AvgIpc) is 3.09. The van der Waals surface area contributed by atoms with E-state index in [1.807, 2.05) is 30.5 Å². The summed E-state index contributed by atoms with van der Waals surface area (Å²) in [6, 6.07) is 7.83. The maximum Gasteiger partial charge on any atom is 0.246 e. The molecule has 0 radical (unpaired) electrons. The van der Waals surface area contributed by atoms with Crippen LogP contribution in [0, 0.1) is 0 Å². The summed E-state index contributed by atoms with van der Waals surface area (Å²) in [5, 5.41) is 10.1. The Bertz CT molecular complexity index is 728. The summed E-state index contributed by atoms with van der Waals surface area (Å²) in [6.45, 7) is 0.672. The molecular weight excluding hydrogens is 306 g/mol. The van der Waals surface area contributed by atoms with Crippen LogP contribution < -0.4 is 10.1 Å². The molecule has 0 fully saturated rings. The third kappa shape index (κ3) is 3.01. The molecule has 1 amide bonds. The summed E-state index contributed by atoms with van der Waals surface area (Å²) in [7, 11) is 0. The topological polar surface area (TPSA) is 76.2 Å². The van der Waals surface area contributed by atoms with Crippen molar-refractivity contribution in [3.05, 3.63) is 47.3 Å². The number of carbonyl (C=O) groups is 1. The summed E-state index contributed by atoms with van der Waals surface area (Å²) in [5.41, 5.74) is 3.25. The van der Waals surface area contributed by atoms with Gasteiger partial charge in [-0.3, -0.25) is 9.89 Å². The number of fused-ring (bicyclic) bond motifs is 2. The molecule has 126 valence electrons. The number of H-pyrrole nitrogens is 1. The van der Waals surface area contributed by atoms with Crippen molar-refractivity contribution < 1.29 is 14.3 Å². The molecule has 2 heterocycles. The van der Waals surface area contributed by atoms with Gasteiger partial charge in [-0.05, 0) is 30.9 Å². The van der Waals surface area contributed by atoms with Gasteiger partial charge in [-0.25, -0.2) is 0 Å². The summed E-state index contributed by atoms with van der Waals surface area (Å²) >= 11 is 0. The Morgan fingerprint density at radius 1 is 1.38 bits per heavy atom. The van der Waals surface area contributed by atoms with Crippen LogP contribution in [0.15, 0.2) is 30.5 Å². The van der Waals surface area contributed by atoms with Crippen molar-refractivity contribution in [3.63, 3.8) is 0 Å². The van der Waals surface area contributed by atoms with E-state index in [0.717, 1.165) is 42.7 Å². The van der Waals surface area contributed by atoms with E-state index >= 15 is 0 Å². The van der Waals surface area contributed by atoms with Crippen LogP contribution in [0.5, 0.6) is 5.75 Å². The number of nitrogens with zero attached hydrogens (tertiary/aromatic N) is 1. The molecule has 1 aliphatic heterocycles. The highest BCUT2D eigenvalue weighted by atomic mass is 16.5. The van der Waals surface area contributed by atoms with Gasteiger partial charge in [-0.1, -0.05) is 18.2 Å². The molecule has 0 saturated carbocycles. The van der Waals surface area contributed by atoms with Gasteiger partial charge in [0.15, 0.2) is 0 Å². The molecule has 1 aromatic carbocycles. The molecule has 2 aromatic rings. The van der Waals surface area contributed by atoms with Gasteiger partial charge in [0.1, 0.15) is 12.4 Å². The third-order valence-electron chi connectivity index (χ3n) is 4.70. The molecule has 0 unspecified atom stereocenters. The number of benzene rings is 1. The zero-order valence-electron chi connectivity index (χ0n) is 13.5. The fourth-order valence-electron chi connectivity index (χ4n) is 3.49. The van der Waals surface area contributed by atoms with Crippen LogP contribution in [-0.2, 0) is 16.0 Å². The quantitative estimate of drug-likeness (QED) is 0.904. The van der Waals surface area contributed by atoms with Crippen LogP contribution in [0.25, 0.3) is 0 Å². The Morgan fingerprint density at radius 3 is 3.25 bits per heavy atom. The molecular formula is C18H21N3O3. The first kappa shape index (κ1) is 15.2. The lowest BCUT2D eigenvalue weighted by molar-refractivity contribution is -0.129. The standard InChI is InChI=1S/C18H21N3O3/c22-17(11-24-16-7-3-4-12-10-19-21-18(12)16)20-14-8-9-23-15-6-2-1-5-13(14)15/h1-2,5-6,10,14,16H,3-4,7-9,11H2,(H,19,21)(H,20,22)/t14-,16+/m1/s1. The van der Waals surface area contributed by atoms with Gasteiger partial charge in [-0.2, -0.15) is 5.10 Å². The van der Waals surface area contributed by atoms with Crippen molar-refractivity contribution in [1.29, 1.82) is 0 Å². The van der Waals surface area contributed by atoms with Gasteiger partial charge < -0.3 is 14.8 Å². The van der Waals surface area contributed by atoms with Gasteiger partial charge in [0.05, 0.1) is 30.6 Å². The van der Waals surface area contributed by atoms with Crippen molar-refractivity contribution in [1.82, 2.24) is 15.5 Å². The van der Waals surface area contributed by atoms with E-state index in [9.17, 15) is 4.79 Å². The third-order valence-corrected chi connectivity index (χ3v) is 4.70. The molecule has 6 heteroatoms. The molecule has 0 spiro atoms. The number of hydrogen-bond donors (Lipinski definition) is 2. The fourth-order valence-corrected chi connectivity index (χ4v) is 3.49. The lowest BCUT2D eigenvalue weighted by atomic mass is 9.96. The normalized spacial score (nSPS) is 22.2. The second-order valence-electron chi connectivity index (χ2n) is 6.30. The molecule has 4 rings (SSSR count). The van der Waals surface area contributed by atoms with Gasteiger partial charge in [0, 0.05) is 12.0 Å². The van der Waals surface area contributed by atoms with Gasteiger partial charge in [0.25, 0.3) is 0 Å². The highest BCUT2D eigenvalue weighted by molar-refractivity contribution is 5.78. The van der Waals surface area contributed by atoms with Gasteiger partial charge in [-0.15, -0.1) is 0 Å². The Hall–Kier alpha value is -2.34. The number of rotatable bonds is 4. The summed E-state index contributed by atoms with van der Waals surface area (Å²) in [6.07, 6.45) is 5.57. The molecule has 24 heavy (non-hydrogen) atoms. The lowest BCUT2D eigenvalue weighted by Gasteiger charge is -2.27. The van der Waals surface area contributed by atoms with Crippen molar-refractivity contribution in [2.45, 2.75) is 37.8 Å². The van der Waals surface area contributed by atoms with Gasteiger partial charge >= 0.3 is 0 Å². The Kier molecular flexibility index (Phi) is 4.21. The predicted octanol–water partition coefficient (Wildman–Crippen LogP) is 2.44. The smallest absolute Gasteiger partial charge is 0.246 e. The summed E-state index contributed by atoms with van der Waals surface area (Å²) in [4.78, 5) is 12.3. The highest BCUT2D eigenvalue weighted by Crippen LogP contribution is 2.32. The van der Waals surface area contributed by atoms with Crippen LogP contribution in [0.4, 0.5) is 0 Å². The maximum atomic E-state index is 12.3.